The van der Waals surface area contributed by atoms with Gasteiger partial charge in [0.25, 0.3) is 0 Å². The standard InChI is InChI=1S/C14H15NO.C13H12FNO/c1-15-13-7-9-14(10-8-13)16-11-12-5-3-2-4-6-12;1-15(14)11-7-9-13(10-8-11)16-12-5-3-2-4-6-12/h2-10,15H,11H2,1H3;2-10H,1H3. The number of benzene rings is 4. The van der Waals surface area contributed by atoms with Crippen LogP contribution in [-0.2, 0) is 6.61 Å². The second-order valence-corrected chi connectivity index (χ2v) is 6.93. The van der Waals surface area contributed by atoms with E-state index in [0.717, 1.165) is 17.2 Å². The summed E-state index contributed by atoms with van der Waals surface area (Å²) in [5.41, 5.74) is 2.77. The van der Waals surface area contributed by atoms with Gasteiger partial charge in [0.2, 0.25) is 0 Å². The molecule has 1 N–H and O–H groups in total. The summed E-state index contributed by atoms with van der Waals surface area (Å²) in [5, 5.41) is 3.63. The van der Waals surface area contributed by atoms with Gasteiger partial charge in [-0.1, -0.05) is 48.5 Å². The third-order valence-corrected chi connectivity index (χ3v) is 4.56. The quantitative estimate of drug-likeness (QED) is 0.317. The molecule has 0 saturated carbocycles. The Morgan fingerprint density at radius 2 is 1.22 bits per heavy atom. The molecule has 0 aliphatic rings. The van der Waals surface area contributed by atoms with Gasteiger partial charge >= 0.3 is 0 Å². The van der Waals surface area contributed by atoms with Gasteiger partial charge in [0.05, 0.1) is 5.69 Å². The molecule has 0 spiro atoms. The molecule has 5 heteroatoms. The van der Waals surface area contributed by atoms with Gasteiger partial charge in [0, 0.05) is 19.8 Å². The highest BCUT2D eigenvalue weighted by Gasteiger charge is 2.00. The van der Waals surface area contributed by atoms with Crippen molar-refractivity contribution in [3.8, 4) is 17.2 Å². The molecule has 0 aromatic heterocycles. The molecule has 0 saturated heterocycles. The van der Waals surface area contributed by atoms with Gasteiger partial charge in [0.1, 0.15) is 23.9 Å². The molecular formula is C27H27FN2O2. The number of hydrogen-bond donors (Lipinski definition) is 1. The first-order valence-electron chi connectivity index (χ1n) is 10.3. The average molecular weight is 431 g/mol. The van der Waals surface area contributed by atoms with E-state index in [1.807, 2.05) is 79.8 Å². The Kier molecular flexibility index (Phi) is 8.51. The van der Waals surface area contributed by atoms with Crippen LogP contribution in [0.3, 0.4) is 0 Å². The number of para-hydroxylation sites is 1. The van der Waals surface area contributed by atoms with Crippen LogP contribution in [0.15, 0.2) is 109 Å². The summed E-state index contributed by atoms with van der Waals surface area (Å²) in [4.78, 5) is 0. The lowest BCUT2D eigenvalue weighted by molar-refractivity contribution is 0.306. The monoisotopic (exact) mass is 430 g/mol. The molecule has 164 valence electrons. The molecule has 0 atom stereocenters. The molecule has 0 amide bonds. The lowest BCUT2D eigenvalue weighted by Crippen LogP contribution is -2.01. The zero-order valence-electron chi connectivity index (χ0n) is 18.2. The first kappa shape index (κ1) is 22.7. The summed E-state index contributed by atoms with van der Waals surface area (Å²) in [6, 6.07) is 34.4. The van der Waals surface area contributed by atoms with Crippen LogP contribution >= 0.6 is 0 Å². The normalized spacial score (nSPS) is 9.84. The van der Waals surface area contributed by atoms with E-state index in [0.29, 0.717) is 23.2 Å². The first-order valence-corrected chi connectivity index (χ1v) is 10.3. The fourth-order valence-electron chi connectivity index (χ4n) is 2.80. The summed E-state index contributed by atoms with van der Waals surface area (Å²) < 4.78 is 24.0. The van der Waals surface area contributed by atoms with Crippen molar-refractivity contribution < 1.29 is 14.0 Å². The highest BCUT2D eigenvalue weighted by Crippen LogP contribution is 2.23. The molecule has 0 radical (unpaired) electrons. The lowest BCUT2D eigenvalue weighted by atomic mass is 10.2. The minimum absolute atomic E-state index is 0.500. The summed E-state index contributed by atoms with van der Waals surface area (Å²) in [6.45, 7) is 0.611. The van der Waals surface area contributed by atoms with E-state index in [4.69, 9.17) is 9.47 Å². The summed E-state index contributed by atoms with van der Waals surface area (Å²) in [5.74, 6) is 2.35. The Labute approximate surface area is 188 Å². The zero-order valence-corrected chi connectivity index (χ0v) is 18.2. The fourth-order valence-corrected chi connectivity index (χ4v) is 2.80. The van der Waals surface area contributed by atoms with E-state index in [2.05, 4.69) is 17.4 Å². The van der Waals surface area contributed by atoms with E-state index >= 15 is 0 Å². The van der Waals surface area contributed by atoms with Crippen molar-refractivity contribution in [3.63, 3.8) is 0 Å². The van der Waals surface area contributed by atoms with Crippen LogP contribution in [0.2, 0.25) is 0 Å². The number of anilines is 2. The van der Waals surface area contributed by atoms with Crippen molar-refractivity contribution in [2.24, 2.45) is 0 Å². The van der Waals surface area contributed by atoms with Crippen molar-refractivity contribution >= 4 is 11.4 Å². The Morgan fingerprint density at radius 1 is 0.688 bits per heavy atom. The van der Waals surface area contributed by atoms with E-state index in [-0.39, 0.29) is 0 Å². The molecule has 32 heavy (non-hydrogen) atoms. The van der Waals surface area contributed by atoms with Crippen molar-refractivity contribution in [1.29, 1.82) is 0 Å². The topological polar surface area (TPSA) is 33.7 Å². The number of hydrogen-bond acceptors (Lipinski definition) is 4. The molecule has 0 heterocycles. The molecule has 4 rings (SSSR count). The van der Waals surface area contributed by atoms with E-state index in [1.165, 1.54) is 12.6 Å². The maximum atomic E-state index is 12.8. The second-order valence-electron chi connectivity index (χ2n) is 6.93. The number of nitrogens with one attached hydrogen (secondary N) is 1. The van der Waals surface area contributed by atoms with Crippen molar-refractivity contribution in [1.82, 2.24) is 0 Å². The molecule has 0 aliphatic carbocycles. The fraction of sp³-hybridized carbons (Fsp3) is 0.111. The second kappa shape index (κ2) is 12.0. The van der Waals surface area contributed by atoms with Crippen molar-refractivity contribution in [2.75, 3.05) is 24.5 Å². The van der Waals surface area contributed by atoms with Crippen molar-refractivity contribution in [3.05, 3.63) is 115 Å². The highest BCUT2D eigenvalue weighted by molar-refractivity contribution is 5.47. The van der Waals surface area contributed by atoms with Gasteiger partial charge in [-0.15, -0.1) is 4.48 Å². The van der Waals surface area contributed by atoms with Crippen LogP contribution in [0.1, 0.15) is 5.56 Å². The van der Waals surface area contributed by atoms with Gasteiger partial charge < -0.3 is 14.8 Å². The van der Waals surface area contributed by atoms with E-state index in [9.17, 15) is 4.48 Å². The molecule has 4 aromatic carbocycles. The number of nitrogens with zero attached hydrogens (tertiary/aromatic N) is 1. The Bertz CT molecular complexity index is 1040. The predicted octanol–water partition coefficient (Wildman–Crippen LogP) is 7.11. The third kappa shape index (κ3) is 7.36. The van der Waals surface area contributed by atoms with Gasteiger partial charge in [-0.25, -0.2) is 5.12 Å². The summed E-state index contributed by atoms with van der Waals surface area (Å²) in [7, 11) is 3.26. The van der Waals surface area contributed by atoms with Gasteiger partial charge in [-0.3, -0.25) is 0 Å². The molecule has 0 unspecified atom stereocenters. The first-order chi connectivity index (χ1) is 15.6. The van der Waals surface area contributed by atoms with Crippen LogP contribution in [0, 0.1) is 0 Å². The molecule has 0 aliphatic heterocycles. The average Bonchev–Trinajstić information content (AvgIpc) is 2.85. The van der Waals surface area contributed by atoms with E-state index < -0.39 is 0 Å². The van der Waals surface area contributed by atoms with Crippen LogP contribution in [0.4, 0.5) is 15.9 Å². The molecule has 0 fully saturated rings. The van der Waals surface area contributed by atoms with Crippen LogP contribution in [0.5, 0.6) is 17.2 Å². The van der Waals surface area contributed by atoms with Crippen LogP contribution in [-0.4, -0.2) is 14.1 Å². The maximum absolute atomic E-state index is 12.8. The Hall–Kier alpha value is -3.99. The summed E-state index contributed by atoms with van der Waals surface area (Å²) >= 11 is 0. The highest BCUT2D eigenvalue weighted by atomic mass is 19.2. The minimum atomic E-state index is 0.500. The molecule has 4 aromatic rings. The largest absolute Gasteiger partial charge is 0.489 e. The van der Waals surface area contributed by atoms with E-state index in [1.54, 1.807) is 24.3 Å². The summed E-state index contributed by atoms with van der Waals surface area (Å²) in [6.07, 6.45) is 0. The van der Waals surface area contributed by atoms with Crippen LogP contribution in [0.25, 0.3) is 0 Å². The number of halogens is 1. The predicted molar refractivity (Wildman–Crippen MR) is 129 cm³/mol. The molecule has 0 bridgehead atoms. The Balaban J connectivity index is 0.000000181. The lowest BCUT2D eigenvalue weighted by Gasteiger charge is -2.09. The van der Waals surface area contributed by atoms with Crippen LogP contribution < -0.4 is 19.9 Å². The molecule has 4 nitrogen and oxygen atoms in total. The third-order valence-electron chi connectivity index (χ3n) is 4.56. The zero-order chi connectivity index (χ0) is 22.6. The SMILES string of the molecule is CN(F)c1ccc(Oc2ccccc2)cc1.CNc1ccc(OCc2ccccc2)cc1. The van der Waals surface area contributed by atoms with Gasteiger partial charge in [0.15, 0.2) is 0 Å². The van der Waals surface area contributed by atoms with Gasteiger partial charge in [-0.2, -0.15) is 0 Å². The Morgan fingerprint density at radius 3 is 1.78 bits per heavy atom. The van der Waals surface area contributed by atoms with Crippen molar-refractivity contribution in [2.45, 2.75) is 6.61 Å². The maximum Gasteiger partial charge on any atom is 0.127 e. The molecular weight excluding hydrogens is 403 g/mol. The number of rotatable bonds is 7. The smallest absolute Gasteiger partial charge is 0.127 e. The number of ether oxygens (including phenoxy) is 2. The minimum Gasteiger partial charge on any atom is -0.489 e. The van der Waals surface area contributed by atoms with Gasteiger partial charge in [-0.05, 0) is 66.2 Å².